The van der Waals surface area contributed by atoms with Crippen molar-refractivity contribution >= 4 is 0 Å². The lowest BCUT2D eigenvalue weighted by Crippen LogP contribution is -2.21. The molecule has 3 aromatic rings. The lowest BCUT2D eigenvalue weighted by Gasteiger charge is -2.29. The number of rotatable bonds is 16. The smallest absolute Gasteiger partial charge is 0.201 e. The van der Waals surface area contributed by atoms with Crippen molar-refractivity contribution in [1.29, 1.82) is 0 Å². The first-order valence-corrected chi connectivity index (χ1v) is 16.3. The first-order chi connectivity index (χ1) is 20.9. The Bertz CT molecular complexity index is 1280. The summed E-state index contributed by atoms with van der Waals surface area (Å²) in [7, 11) is 0. The van der Waals surface area contributed by atoms with Crippen LogP contribution in [0.1, 0.15) is 109 Å². The molecule has 0 saturated carbocycles. The van der Waals surface area contributed by atoms with Crippen LogP contribution in [-0.4, -0.2) is 13.2 Å². The molecular formula is C37H46F4O2. The van der Waals surface area contributed by atoms with Crippen molar-refractivity contribution in [1.82, 2.24) is 0 Å². The van der Waals surface area contributed by atoms with Crippen molar-refractivity contribution in [2.75, 3.05) is 13.2 Å². The Morgan fingerprint density at radius 2 is 1.21 bits per heavy atom. The second kappa shape index (κ2) is 16.8. The number of hydrogen-bond acceptors (Lipinski definition) is 2. The van der Waals surface area contributed by atoms with E-state index >= 15 is 8.78 Å². The minimum Gasteiger partial charge on any atom is -0.490 e. The molecule has 1 aliphatic heterocycles. The van der Waals surface area contributed by atoms with Gasteiger partial charge in [0.1, 0.15) is 0 Å². The van der Waals surface area contributed by atoms with Crippen LogP contribution in [0.3, 0.4) is 0 Å². The van der Waals surface area contributed by atoms with E-state index < -0.39 is 29.4 Å². The molecule has 2 unspecified atom stereocenters. The van der Waals surface area contributed by atoms with E-state index in [9.17, 15) is 8.78 Å². The van der Waals surface area contributed by atoms with E-state index in [2.05, 4.69) is 13.8 Å². The van der Waals surface area contributed by atoms with Crippen molar-refractivity contribution in [3.63, 3.8) is 0 Å². The molecule has 4 rings (SSSR count). The predicted molar refractivity (Wildman–Crippen MR) is 166 cm³/mol. The summed E-state index contributed by atoms with van der Waals surface area (Å²) in [6.07, 6.45) is 13.6. The van der Waals surface area contributed by atoms with Gasteiger partial charge in [0.25, 0.3) is 0 Å². The normalized spacial score (nSPS) is 16.9. The lowest BCUT2D eigenvalue weighted by molar-refractivity contribution is -0.0218. The predicted octanol–water partition coefficient (Wildman–Crippen LogP) is 11.8. The summed E-state index contributed by atoms with van der Waals surface area (Å²) in [4.78, 5) is 0. The van der Waals surface area contributed by atoms with E-state index in [0.29, 0.717) is 36.7 Å². The first kappa shape index (κ1) is 33.0. The average Bonchev–Trinajstić information content (AvgIpc) is 3.02. The van der Waals surface area contributed by atoms with E-state index in [1.54, 1.807) is 36.4 Å². The Kier molecular flexibility index (Phi) is 12.9. The molecule has 0 aromatic heterocycles. The number of halogens is 4. The van der Waals surface area contributed by atoms with Crippen LogP contribution in [0, 0.1) is 29.2 Å². The first-order valence-electron chi connectivity index (χ1n) is 16.3. The zero-order chi connectivity index (χ0) is 30.6. The van der Waals surface area contributed by atoms with Gasteiger partial charge in [-0.05, 0) is 54.9 Å². The van der Waals surface area contributed by atoms with Crippen molar-refractivity contribution < 1.29 is 27.0 Å². The van der Waals surface area contributed by atoms with Crippen LogP contribution in [-0.2, 0) is 4.74 Å². The maximum atomic E-state index is 15.2. The average molecular weight is 599 g/mol. The van der Waals surface area contributed by atoms with E-state index in [0.717, 1.165) is 32.1 Å². The SMILES string of the molecule is CCCCCCCCCOc1ccc(-c2ccc(-c3ccc(C4CCC(CCCCC)CO4)c(F)c3F)cc2)c(F)c1F. The molecule has 0 N–H and O–H groups in total. The maximum absolute atomic E-state index is 15.2. The minimum absolute atomic E-state index is 0.0803. The minimum atomic E-state index is -1.02. The second-order valence-corrected chi connectivity index (χ2v) is 11.9. The lowest BCUT2D eigenvalue weighted by atomic mass is 9.90. The van der Waals surface area contributed by atoms with Crippen molar-refractivity contribution in [2.24, 2.45) is 5.92 Å². The van der Waals surface area contributed by atoms with Crippen LogP contribution >= 0.6 is 0 Å². The summed E-state index contributed by atoms with van der Waals surface area (Å²) in [5.74, 6) is -3.47. The summed E-state index contributed by atoms with van der Waals surface area (Å²) in [6.45, 7) is 5.27. The fourth-order valence-corrected chi connectivity index (χ4v) is 5.93. The standard InChI is InChI=1S/C37H46F4O2/c1-3-5-7-8-9-10-12-24-42-33-23-21-30(35(39)37(33)41)28-17-15-27(16-18-28)29-19-20-31(36(40)34(29)38)32-22-14-26(25-43-32)13-11-6-4-2/h15-21,23,26,32H,3-14,22,24-25H2,1-2H3. The molecule has 0 spiro atoms. The fourth-order valence-electron chi connectivity index (χ4n) is 5.93. The number of hydrogen-bond donors (Lipinski definition) is 0. The molecule has 0 amide bonds. The monoisotopic (exact) mass is 598 g/mol. The summed E-state index contributed by atoms with van der Waals surface area (Å²) in [5.41, 5.74) is 1.32. The van der Waals surface area contributed by atoms with Gasteiger partial charge in [-0.3, -0.25) is 0 Å². The number of benzene rings is 3. The summed E-state index contributed by atoms with van der Waals surface area (Å²) in [6, 6.07) is 12.4. The van der Waals surface area contributed by atoms with Gasteiger partial charge in [0, 0.05) is 16.7 Å². The molecule has 3 aromatic carbocycles. The van der Waals surface area contributed by atoms with Gasteiger partial charge < -0.3 is 9.47 Å². The van der Waals surface area contributed by atoms with Crippen molar-refractivity contribution in [3.8, 4) is 28.0 Å². The van der Waals surface area contributed by atoms with Crippen LogP contribution in [0.25, 0.3) is 22.3 Å². The van der Waals surface area contributed by atoms with Crippen LogP contribution in [0.2, 0.25) is 0 Å². The van der Waals surface area contributed by atoms with Gasteiger partial charge >= 0.3 is 0 Å². The Hall–Kier alpha value is -2.86. The maximum Gasteiger partial charge on any atom is 0.201 e. The summed E-state index contributed by atoms with van der Waals surface area (Å²) >= 11 is 0. The molecule has 0 bridgehead atoms. The Morgan fingerprint density at radius 1 is 0.628 bits per heavy atom. The number of ether oxygens (including phenoxy) is 2. The molecule has 1 heterocycles. The van der Waals surface area contributed by atoms with Crippen LogP contribution < -0.4 is 4.74 Å². The van der Waals surface area contributed by atoms with Crippen LogP contribution in [0.5, 0.6) is 5.75 Å². The molecule has 2 nitrogen and oxygen atoms in total. The third-order valence-corrected chi connectivity index (χ3v) is 8.60. The van der Waals surface area contributed by atoms with Crippen LogP contribution in [0.15, 0.2) is 48.5 Å². The largest absolute Gasteiger partial charge is 0.490 e. The van der Waals surface area contributed by atoms with Crippen molar-refractivity contribution in [2.45, 2.75) is 103 Å². The second-order valence-electron chi connectivity index (χ2n) is 11.9. The molecule has 43 heavy (non-hydrogen) atoms. The molecule has 0 radical (unpaired) electrons. The molecule has 1 aliphatic rings. The topological polar surface area (TPSA) is 18.5 Å². The van der Waals surface area contributed by atoms with E-state index in [1.165, 1.54) is 57.1 Å². The van der Waals surface area contributed by atoms with Gasteiger partial charge in [0.05, 0.1) is 19.3 Å². The molecule has 234 valence electrons. The number of unbranched alkanes of at least 4 members (excludes halogenated alkanes) is 8. The highest BCUT2D eigenvalue weighted by molar-refractivity contribution is 5.71. The van der Waals surface area contributed by atoms with E-state index in [4.69, 9.17) is 9.47 Å². The zero-order valence-corrected chi connectivity index (χ0v) is 25.7. The molecule has 2 atom stereocenters. The van der Waals surface area contributed by atoms with Gasteiger partial charge in [-0.2, -0.15) is 4.39 Å². The Balaban J connectivity index is 1.36. The summed E-state index contributed by atoms with van der Waals surface area (Å²) in [5, 5.41) is 0. The Morgan fingerprint density at radius 3 is 1.84 bits per heavy atom. The van der Waals surface area contributed by atoms with E-state index in [-0.39, 0.29) is 22.4 Å². The Labute approximate surface area is 254 Å². The molecule has 1 fully saturated rings. The van der Waals surface area contributed by atoms with Gasteiger partial charge in [-0.1, -0.05) is 108 Å². The van der Waals surface area contributed by atoms with Gasteiger partial charge in [0.15, 0.2) is 23.2 Å². The molecule has 1 saturated heterocycles. The molecular weight excluding hydrogens is 552 g/mol. The van der Waals surface area contributed by atoms with Crippen LogP contribution in [0.4, 0.5) is 17.6 Å². The molecule has 6 heteroatoms. The highest BCUT2D eigenvalue weighted by atomic mass is 19.2. The third kappa shape index (κ3) is 8.84. The van der Waals surface area contributed by atoms with Gasteiger partial charge in [-0.15, -0.1) is 0 Å². The van der Waals surface area contributed by atoms with Gasteiger partial charge in [-0.25, -0.2) is 13.2 Å². The molecule has 0 aliphatic carbocycles. The fraction of sp³-hybridized carbons (Fsp3) is 0.514. The quantitative estimate of drug-likeness (QED) is 0.121. The highest BCUT2D eigenvalue weighted by Gasteiger charge is 2.27. The van der Waals surface area contributed by atoms with Gasteiger partial charge in [0.2, 0.25) is 5.82 Å². The van der Waals surface area contributed by atoms with E-state index in [1.807, 2.05) is 0 Å². The zero-order valence-electron chi connectivity index (χ0n) is 25.7. The highest BCUT2D eigenvalue weighted by Crippen LogP contribution is 2.37. The van der Waals surface area contributed by atoms with Crippen molar-refractivity contribution in [3.05, 3.63) is 77.4 Å². The summed E-state index contributed by atoms with van der Waals surface area (Å²) < 4.78 is 71.7. The third-order valence-electron chi connectivity index (χ3n) is 8.60.